The van der Waals surface area contributed by atoms with Crippen molar-refractivity contribution in [2.75, 3.05) is 0 Å². The predicted octanol–water partition coefficient (Wildman–Crippen LogP) is 7.13. The van der Waals surface area contributed by atoms with E-state index in [1.807, 2.05) is 20.8 Å². The Labute approximate surface area is 174 Å². The summed E-state index contributed by atoms with van der Waals surface area (Å²) in [6.45, 7) is 9.45. The Morgan fingerprint density at radius 1 is 0.750 bits per heavy atom. The standard InChI is InChI=1S/C24H46O4/c1-6-7-8-15-18-22(27-21(2)25)19-16-13-11-9-10-12-14-17-20-23(26)28-24(3,4)5/h22H,6-20H2,1-5H3/t22-/m1/s1. The highest BCUT2D eigenvalue weighted by Gasteiger charge is 2.15. The predicted molar refractivity (Wildman–Crippen MR) is 116 cm³/mol. The molecule has 0 spiro atoms. The van der Waals surface area contributed by atoms with Crippen LogP contribution in [0.1, 0.15) is 131 Å². The highest BCUT2D eigenvalue weighted by Crippen LogP contribution is 2.17. The molecule has 0 saturated carbocycles. The average Bonchev–Trinajstić information content (AvgIpc) is 2.58. The third-order valence-electron chi connectivity index (χ3n) is 4.79. The van der Waals surface area contributed by atoms with E-state index in [1.54, 1.807) is 0 Å². The molecule has 0 radical (unpaired) electrons. The van der Waals surface area contributed by atoms with E-state index < -0.39 is 0 Å². The molecule has 0 aliphatic carbocycles. The Hall–Kier alpha value is -1.06. The van der Waals surface area contributed by atoms with Crippen LogP contribution in [0.2, 0.25) is 0 Å². The van der Waals surface area contributed by atoms with Gasteiger partial charge in [0.05, 0.1) is 0 Å². The van der Waals surface area contributed by atoms with Crippen LogP contribution >= 0.6 is 0 Å². The quantitative estimate of drug-likeness (QED) is 0.193. The van der Waals surface area contributed by atoms with Crippen LogP contribution < -0.4 is 0 Å². The number of esters is 2. The summed E-state index contributed by atoms with van der Waals surface area (Å²) in [5, 5.41) is 0. The Morgan fingerprint density at radius 3 is 1.68 bits per heavy atom. The van der Waals surface area contributed by atoms with Gasteiger partial charge in [-0.25, -0.2) is 0 Å². The third-order valence-corrected chi connectivity index (χ3v) is 4.79. The molecule has 4 nitrogen and oxygen atoms in total. The van der Waals surface area contributed by atoms with Crippen LogP contribution in [0.5, 0.6) is 0 Å². The first-order chi connectivity index (χ1) is 13.2. The molecule has 0 fully saturated rings. The SMILES string of the molecule is CCCCCC[C@H](CCCCCCCCCCC(=O)OC(C)(C)C)OC(C)=O. The molecule has 0 saturated heterocycles. The van der Waals surface area contributed by atoms with Gasteiger partial charge in [0.1, 0.15) is 11.7 Å². The van der Waals surface area contributed by atoms with Crippen molar-refractivity contribution in [3.63, 3.8) is 0 Å². The smallest absolute Gasteiger partial charge is 0.306 e. The maximum atomic E-state index is 11.6. The molecule has 0 aromatic rings. The molecule has 28 heavy (non-hydrogen) atoms. The molecule has 0 bridgehead atoms. The maximum Gasteiger partial charge on any atom is 0.306 e. The lowest BCUT2D eigenvalue weighted by Crippen LogP contribution is -2.23. The largest absolute Gasteiger partial charge is 0.463 e. The van der Waals surface area contributed by atoms with Crippen molar-refractivity contribution < 1.29 is 19.1 Å². The van der Waals surface area contributed by atoms with Crippen LogP contribution in [0, 0.1) is 0 Å². The lowest BCUT2D eigenvalue weighted by molar-refractivity contribution is -0.155. The molecule has 0 heterocycles. The normalized spacial score (nSPS) is 12.6. The number of hydrogen-bond donors (Lipinski definition) is 0. The lowest BCUT2D eigenvalue weighted by Gasteiger charge is -2.19. The van der Waals surface area contributed by atoms with Gasteiger partial charge in [0, 0.05) is 13.3 Å². The van der Waals surface area contributed by atoms with Gasteiger partial charge in [-0.05, 0) is 52.9 Å². The van der Waals surface area contributed by atoms with Crippen molar-refractivity contribution in [3.05, 3.63) is 0 Å². The highest BCUT2D eigenvalue weighted by molar-refractivity contribution is 5.69. The van der Waals surface area contributed by atoms with Gasteiger partial charge >= 0.3 is 11.9 Å². The topological polar surface area (TPSA) is 52.6 Å². The maximum absolute atomic E-state index is 11.6. The van der Waals surface area contributed by atoms with Gasteiger partial charge < -0.3 is 9.47 Å². The van der Waals surface area contributed by atoms with Gasteiger partial charge in [-0.1, -0.05) is 64.7 Å². The zero-order chi connectivity index (χ0) is 21.3. The second kappa shape index (κ2) is 16.9. The highest BCUT2D eigenvalue weighted by atomic mass is 16.6. The molecule has 4 heteroatoms. The van der Waals surface area contributed by atoms with Crippen LogP contribution in [0.15, 0.2) is 0 Å². The summed E-state index contributed by atoms with van der Waals surface area (Å²) in [6, 6.07) is 0. The first-order valence-electron chi connectivity index (χ1n) is 11.6. The van der Waals surface area contributed by atoms with Crippen molar-refractivity contribution in [2.24, 2.45) is 0 Å². The fraction of sp³-hybridized carbons (Fsp3) is 0.917. The van der Waals surface area contributed by atoms with Crippen LogP contribution in [0.4, 0.5) is 0 Å². The van der Waals surface area contributed by atoms with Crippen molar-refractivity contribution in [1.82, 2.24) is 0 Å². The number of ether oxygens (including phenoxy) is 2. The van der Waals surface area contributed by atoms with Crippen LogP contribution in [-0.4, -0.2) is 23.6 Å². The fourth-order valence-electron chi connectivity index (χ4n) is 3.39. The second-order valence-electron chi connectivity index (χ2n) is 9.03. The number of carbonyl (C=O) groups is 2. The molecule has 1 atom stereocenters. The molecule has 0 unspecified atom stereocenters. The van der Waals surface area contributed by atoms with Crippen LogP contribution in [-0.2, 0) is 19.1 Å². The zero-order valence-corrected chi connectivity index (χ0v) is 19.3. The summed E-state index contributed by atoms with van der Waals surface area (Å²) in [4.78, 5) is 22.9. The van der Waals surface area contributed by atoms with E-state index in [9.17, 15) is 9.59 Å². The molecule has 0 aliphatic rings. The van der Waals surface area contributed by atoms with E-state index in [4.69, 9.17) is 9.47 Å². The lowest BCUT2D eigenvalue weighted by atomic mass is 10.0. The van der Waals surface area contributed by atoms with Crippen molar-refractivity contribution in [3.8, 4) is 0 Å². The summed E-state index contributed by atoms with van der Waals surface area (Å²) < 4.78 is 10.8. The van der Waals surface area contributed by atoms with E-state index in [0.717, 1.165) is 38.5 Å². The van der Waals surface area contributed by atoms with E-state index in [0.29, 0.717) is 6.42 Å². The fourth-order valence-corrected chi connectivity index (χ4v) is 3.39. The molecule has 0 aromatic heterocycles. The van der Waals surface area contributed by atoms with E-state index in [1.165, 1.54) is 58.3 Å². The third kappa shape index (κ3) is 19.7. The van der Waals surface area contributed by atoms with Crippen molar-refractivity contribution >= 4 is 11.9 Å². The summed E-state index contributed by atoms with van der Waals surface area (Å²) in [7, 11) is 0. The van der Waals surface area contributed by atoms with Crippen molar-refractivity contribution in [2.45, 2.75) is 143 Å². The number of unbranched alkanes of at least 4 members (excludes halogenated alkanes) is 10. The number of hydrogen-bond acceptors (Lipinski definition) is 4. The van der Waals surface area contributed by atoms with E-state index >= 15 is 0 Å². The molecular weight excluding hydrogens is 352 g/mol. The molecule has 0 rings (SSSR count). The Kier molecular flexibility index (Phi) is 16.2. The van der Waals surface area contributed by atoms with Crippen molar-refractivity contribution in [1.29, 1.82) is 0 Å². The minimum absolute atomic E-state index is 0.0791. The molecule has 0 amide bonds. The monoisotopic (exact) mass is 398 g/mol. The molecular formula is C24H46O4. The van der Waals surface area contributed by atoms with E-state index in [2.05, 4.69) is 6.92 Å². The second-order valence-corrected chi connectivity index (χ2v) is 9.03. The summed E-state index contributed by atoms with van der Waals surface area (Å²) >= 11 is 0. The summed E-state index contributed by atoms with van der Waals surface area (Å²) in [5.74, 6) is -0.226. The summed E-state index contributed by atoms with van der Waals surface area (Å²) in [6.07, 6.45) is 16.9. The van der Waals surface area contributed by atoms with Gasteiger partial charge in [-0.15, -0.1) is 0 Å². The molecule has 0 aliphatic heterocycles. The molecule has 0 N–H and O–H groups in total. The first kappa shape index (κ1) is 26.9. The van der Waals surface area contributed by atoms with Gasteiger partial charge in [0.15, 0.2) is 0 Å². The first-order valence-corrected chi connectivity index (χ1v) is 11.6. The van der Waals surface area contributed by atoms with Crippen LogP contribution in [0.3, 0.4) is 0 Å². The molecule has 0 aromatic carbocycles. The number of carbonyl (C=O) groups excluding carboxylic acids is 2. The number of rotatable bonds is 17. The van der Waals surface area contributed by atoms with Crippen LogP contribution in [0.25, 0.3) is 0 Å². The minimum atomic E-state index is -0.374. The average molecular weight is 399 g/mol. The Balaban J connectivity index is 3.59. The van der Waals surface area contributed by atoms with E-state index in [-0.39, 0.29) is 23.6 Å². The Bertz CT molecular complexity index is 398. The zero-order valence-electron chi connectivity index (χ0n) is 19.3. The Morgan fingerprint density at radius 2 is 1.21 bits per heavy atom. The van der Waals surface area contributed by atoms with Gasteiger partial charge in [0.2, 0.25) is 0 Å². The summed E-state index contributed by atoms with van der Waals surface area (Å²) in [5.41, 5.74) is -0.374. The van der Waals surface area contributed by atoms with Gasteiger partial charge in [0.25, 0.3) is 0 Å². The molecule has 166 valence electrons. The van der Waals surface area contributed by atoms with Gasteiger partial charge in [-0.2, -0.15) is 0 Å². The van der Waals surface area contributed by atoms with Gasteiger partial charge in [-0.3, -0.25) is 9.59 Å². The minimum Gasteiger partial charge on any atom is -0.463 e.